The Balaban J connectivity index is 1.79. The number of piperidine rings is 1. The minimum absolute atomic E-state index is 0.0260. The van der Waals surface area contributed by atoms with Gasteiger partial charge in [-0.2, -0.15) is 0 Å². The molecule has 1 aliphatic rings. The molecule has 1 saturated heterocycles. The predicted molar refractivity (Wildman–Crippen MR) is 81.6 cm³/mol. The van der Waals surface area contributed by atoms with E-state index in [1.165, 1.54) is 5.56 Å². The van der Waals surface area contributed by atoms with E-state index in [1.807, 2.05) is 20.2 Å². The van der Waals surface area contributed by atoms with Crippen LogP contribution < -0.4 is 0 Å². The lowest BCUT2D eigenvalue weighted by atomic mass is 9.96. The zero-order valence-corrected chi connectivity index (χ0v) is 12.3. The van der Waals surface area contributed by atoms with Gasteiger partial charge in [-0.1, -0.05) is 30.3 Å². The monoisotopic (exact) mass is 273 g/mol. The van der Waals surface area contributed by atoms with Crippen LogP contribution in [0.3, 0.4) is 0 Å². The molecule has 0 aromatic heterocycles. The lowest BCUT2D eigenvalue weighted by molar-refractivity contribution is -0.122. The molecule has 1 fully saturated rings. The van der Waals surface area contributed by atoms with Gasteiger partial charge in [0.25, 0.3) is 0 Å². The molecule has 0 saturated carbocycles. The third-order valence-corrected chi connectivity index (χ3v) is 3.60. The third kappa shape index (κ3) is 4.46. The van der Waals surface area contributed by atoms with Crippen LogP contribution in [0.1, 0.15) is 18.4 Å². The van der Waals surface area contributed by atoms with E-state index in [1.54, 1.807) is 11.2 Å². The van der Waals surface area contributed by atoms with Crippen molar-refractivity contribution in [2.45, 2.75) is 19.4 Å². The van der Waals surface area contributed by atoms with Gasteiger partial charge < -0.3 is 4.90 Å². The summed E-state index contributed by atoms with van der Waals surface area (Å²) in [6.07, 6.45) is 3.42. The molecule has 0 bridgehead atoms. The van der Waals surface area contributed by atoms with Crippen molar-refractivity contribution in [2.24, 2.45) is 10.9 Å². The molecule has 1 heterocycles. The minimum Gasteiger partial charge on any atom is -0.369 e. The first-order chi connectivity index (χ1) is 9.65. The summed E-state index contributed by atoms with van der Waals surface area (Å²) in [5.41, 5.74) is 1.34. The highest BCUT2D eigenvalue weighted by Gasteiger charge is 2.24. The normalized spacial score (nSPS) is 17.5. The molecule has 4 nitrogen and oxygen atoms in total. The SMILES string of the molecule is CN(C)C=NC(=O)C1CCN(Cc2ccccc2)CC1. The van der Waals surface area contributed by atoms with Gasteiger partial charge in [-0.3, -0.25) is 9.69 Å². The lowest BCUT2D eigenvalue weighted by Gasteiger charge is -2.30. The van der Waals surface area contributed by atoms with Gasteiger partial charge in [0.15, 0.2) is 0 Å². The fourth-order valence-electron chi connectivity index (χ4n) is 2.46. The zero-order chi connectivity index (χ0) is 14.4. The number of carbonyl (C=O) groups excluding carboxylic acids is 1. The van der Waals surface area contributed by atoms with Gasteiger partial charge in [0.1, 0.15) is 0 Å². The molecule has 0 radical (unpaired) electrons. The molecule has 1 aliphatic heterocycles. The van der Waals surface area contributed by atoms with E-state index in [9.17, 15) is 4.79 Å². The largest absolute Gasteiger partial charge is 0.369 e. The Morgan fingerprint density at radius 3 is 2.55 bits per heavy atom. The molecule has 0 spiro atoms. The van der Waals surface area contributed by atoms with Crippen molar-refractivity contribution in [1.82, 2.24) is 9.80 Å². The number of aliphatic imine (C=N–C) groups is 1. The molecule has 0 atom stereocenters. The van der Waals surface area contributed by atoms with Crippen molar-refractivity contribution < 1.29 is 4.79 Å². The fourth-order valence-corrected chi connectivity index (χ4v) is 2.46. The first kappa shape index (κ1) is 14.7. The average molecular weight is 273 g/mol. The topological polar surface area (TPSA) is 35.9 Å². The maximum Gasteiger partial charge on any atom is 0.250 e. The van der Waals surface area contributed by atoms with Gasteiger partial charge in [0, 0.05) is 26.6 Å². The molecule has 4 heteroatoms. The summed E-state index contributed by atoms with van der Waals surface area (Å²) in [7, 11) is 3.75. The van der Waals surface area contributed by atoms with Crippen LogP contribution in [0.4, 0.5) is 0 Å². The van der Waals surface area contributed by atoms with Crippen LogP contribution in [0.5, 0.6) is 0 Å². The number of nitrogens with zero attached hydrogens (tertiary/aromatic N) is 3. The van der Waals surface area contributed by atoms with Gasteiger partial charge in [-0.05, 0) is 31.5 Å². The summed E-state index contributed by atoms with van der Waals surface area (Å²) in [5.74, 6) is 0.122. The second-order valence-corrected chi connectivity index (χ2v) is 5.58. The van der Waals surface area contributed by atoms with E-state index in [0.29, 0.717) is 0 Å². The Labute approximate surface area is 121 Å². The second-order valence-electron chi connectivity index (χ2n) is 5.58. The van der Waals surface area contributed by atoms with Crippen LogP contribution in [0, 0.1) is 5.92 Å². The Morgan fingerprint density at radius 2 is 1.95 bits per heavy atom. The Morgan fingerprint density at radius 1 is 1.30 bits per heavy atom. The van der Waals surface area contributed by atoms with E-state index in [0.717, 1.165) is 32.5 Å². The maximum atomic E-state index is 11.9. The van der Waals surface area contributed by atoms with Crippen LogP contribution in [-0.2, 0) is 11.3 Å². The summed E-state index contributed by atoms with van der Waals surface area (Å²) >= 11 is 0. The number of carbonyl (C=O) groups is 1. The van der Waals surface area contributed by atoms with Gasteiger partial charge in [0.2, 0.25) is 5.91 Å². The molecule has 2 rings (SSSR count). The summed E-state index contributed by atoms with van der Waals surface area (Å²) < 4.78 is 0. The number of amides is 1. The molecule has 0 aliphatic carbocycles. The van der Waals surface area contributed by atoms with Gasteiger partial charge in [-0.15, -0.1) is 0 Å². The maximum absolute atomic E-state index is 11.9. The Kier molecular flexibility index (Phi) is 5.30. The van der Waals surface area contributed by atoms with E-state index in [2.05, 4.69) is 34.2 Å². The molecule has 0 N–H and O–H groups in total. The van der Waals surface area contributed by atoms with Crippen LogP contribution in [0.2, 0.25) is 0 Å². The molecule has 1 amide bonds. The summed E-state index contributed by atoms with van der Waals surface area (Å²) in [6, 6.07) is 10.5. The summed E-state index contributed by atoms with van der Waals surface area (Å²) in [4.78, 5) is 20.1. The van der Waals surface area contributed by atoms with E-state index >= 15 is 0 Å². The first-order valence-corrected chi connectivity index (χ1v) is 7.16. The quantitative estimate of drug-likeness (QED) is 0.622. The van der Waals surface area contributed by atoms with E-state index in [4.69, 9.17) is 0 Å². The number of rotatable bonds is 4. The van der Waals surface area contributed by atoms with Crippen LogP contribution in [0.25, 0.3) is 0 Å². The van der Waals surface area contributed by atoms with Crippen molar-refractivity contribution >= 4 is 12.2 Å². The molecular weight excluding hydrogens is 250 g/mol. The van der Waals surface area contributed by atoms with Crippen LogP contribution in [0.15, 0.2) is 35.3 Å². The van der Waals surface area contributed by atoms with Crippen molar-refractivity contribution in [2.75, 3.05) is 27.2 Å². The van der Waals surface area contributed by atoms with E-state index in [-0.39, 0.29) is 11.8 Å². The highest BCUT2D eigenvalue weighted by atomic mass is 16.1. The van der Waals surface area contributed by atoms with Crippen molar-refractivity contribution in [3.8, 4) is 0 Å². The molecule has 1 aromatic carbocycles. The summed E-state index contributed by atoms with van der Waals surface area (Å²) in [5, 5.41) is 0. The highest BCUT2D eigenvalue weighted by molar-refractivity contribution is 5.86. The molecule has 1 aromatic rings. The van der Waals surface area contributed by atoms with Crippen molar-refractivity contribution in [3.63, 3.8) is 0 Å². The molecule has 20 heavy (non-hydrogen) atoms. The Bertz CT molecular complexity index is 448. The number of benzene rings is 1. The predicted octanol–water partition coefficient (Wildman–Crippen LogP) is 2.02. The summed E-state index contributed by atoms with van der Waals surface area (Å²) in [6.45, 7) is 2.92. The first-order valence-electron chi connectivity index (χ1n) is 7.16. The van der Waals surface area contributed by atoms with Gasteiger partial charge in [0.05, 0.1) is 6.34 Å². The standard InChI is InChI=1S/C16H23N3O/c1-18(2)13-17-16(20)15-8-10-19(11-9-15)12-14-6-4-3-5-7-14/h3-7,13,15H,8-12H2,1-2H3. The third-order valence-electron chi connectivity index (χ3n) is 3.60. The van der Waals surface area contributed by atoms with Gasteiger partial charge in [-0.25, -0.2) is 4.99 Å². The number of hydrogen-bond donors (Lipinski definition) is 0. The Hall–Kier alpha value is -1.68. The number of likely N-dealkylation sites (tertiary alicyclic amines) is 1. The molecule has 108 valence electrons. The number of hydrogen-bond acceptors (Lipinski definition) is 2. The van der Waals surface area contributed by atoms with Crippen LogP contribution >= 0.6 is 0 Å². The van der Waals surface area contributed by atoms with Crippen LogP contribution in [-0.4, -0.2) is 49.2 Å². The molecular formula is C16H23N3O. The lowest BCUT2D eigenvalue weighted by Crippen LogP contribution is -2.35. The van der Waals surface area contributed by atoms with Crippen molar-refractivity contribution in [1.29, 1.82) is 0 Å². The smallest absolute Gasteiger partial charge is 0.250 e. The fraction of sp³-hybridized carbons (Fsp3) is 0.500. The highest BCUT2D eigenvalue weighted by Crippen LogP contribution is 2.20. The zero-order valence-electron chi connectivity index (χ0n) is 12.3. The van der Waals surface area contributed by atoms with E-state index < -0.39 is 0 Å². The second kappa shape index (κ2) is 7.20. The van der Waals surface area contributed by atoms with Gasteiger partial charge >= 0.3 is 0 Å². The molecule has 0 unspecified atom stereocenters. The van der Waals surface area contributed by atoms with Crippen molar-refractivity contribution in [3.05, 3.63) is 35.9 Å². The minimum atomic E-state index is 0.0260. The average Bonchev–Trinajstić information content (AvgIpc) is 2.46.